The smallest absolute Gasteiger partial charge is 0 e. The summed E-state index contributed by atoms with van der Waals surface area (Å²) in [5.41, 5.74) is 0. The minimum absolute atomic E-state index is 0. The molecular formula is Al2CrMg. The summed E-state index contributed by atoms with van der Waals surface area (Å²) in [5.74, 6) is 0. The van der Waals surface area contributed by atoms with Gasteiger partial charge in [-0.15, -0.1) is 0 Å². The molecule has 14 valence electrons. The van der Waals surface area contributed by atoms with Crippen molar-refractivity contribution in [2.24, 2.45) is 0 Å². The molecule has 0 aliphatic rings. The molecule has 0 aromatic carbocycles. The van der Waals surface area contributed by atoms with E-state index in [9.17, 15) is 0 Å². The van der Waals surface area contributed by atoms with Gasteiger partial charge in [-0.25, -0.2) is 0 Å². The first-order valence-corrected chi connectivity index (χ1v) is 0. The zero-order valence-corrected chi connectivity index (χ0v) is 7.27. The summed E-state index contributed by atoms with van der Waals surface area (Å²) in [4.78, 5) is 0. The summed E-state index contributed by atoms with van der Waals surface area (Å²) >= 11 is 0. The van der Waals surface area contributed by atoms with E-state index in [1.165, 1.54) is 0 Å². The normalized spacial score (nSPS) is 0. The van der Waals surface area contributed by atoms with Crippen molar-refractivity contribution in [2.75, 3.05) is 0 Å². The van der Waals surface area contributed by atoms with Crippen LogP contribution in [0.1, 0.15) is 0 Å². The van der Waals surface area contributed by atoms with E-state index in [2.05, 4.69) is 0 Å². The topological polar surface area (TPSA) is 0 Å². The summed E-state index contributed by atoms with van der Waals surface area (Å²) in [7, 11) is 0. The summed E-state index contributed by atoms with van der Waals surface area (Å²) < 4.78 is 0. The Hall–Kier alpha value is 2.36. The molecule has 0 saturated carbocycles. The largest absolute Gasteiger partial charge is 0 e. The van der Waals surface area contributed by atoms with Crippen LogP contribution in [-0.2, 0) is 17.4 Å². The predicted octanol–water partition coefficient (Wildman–Crippen LogP) is -1.14. The number of hydrogen-bond acceptors (Lipinski definition) is 0. The van der Waals surface area contributed by atoms with Gasteiger partial charge in [-0.05, 0) is 0 Å². The zero-order chi connectivity index (χ0) is 0. The first-order valence-electron chi connectivity index (χ1n) is 0. The van der Waals surface area contributed by atoms with Crippen molar-refractivity contribution in [1.82, 2.24) is 0 Å². The molecule has 0 N–H and O–H groups in total. The van der Waals surface area contributed by atoms with Gasteiger partial charge in [0, 0.05) is 75.1 Å². The van der Waals surface area contributed by atoms with Crippen molar-refractivity contribution >= 4 is 57.8 Å². The number of rotatable bonds is 0. The zero-order valence-electron chi connectivity index (χ0n) is 2.27. The molecule has 0 aliphatic carbocycles. The second-order valence-corrected chi connectivity index (χ2v) is 0. The summed E-state index contributed by atoms with van der Waals surface area (Å²) in [6.07, 6.45) is 0. The maximum atomic E-state index is 0. The monoisotopic (exact) mass is 130 g/mol. The standard InChI is InChI=1S/2Al.Cr.Mg. The van der Waals surface area contributed by atoms with E-state index in [-0.39, 0.29) is 75.1 Å². The molecule has 0 heterocycles. The van der Waals surface area contributed by atoms with Crippen LogP contribution in [0.4, 0.5) is 0 Å². The average Bonchev–Trinajstić information content (AvgIpc) is 0. The third-order valence-corrected chi connectivity index (χ3v) is 0. The Kier molecular flexibility index (Phi) is 150. The molecule has 0 aliphatic heterocycles. The maximum absolute atomic E-state index is 0. The molecule has 0 aromatic heterocycles. The second kappa shape index (κ2) is 18.3. The Morgan fingerprint density at radius 1 is 0.750 bits per heavy atom. The van der Waals surface area contributed by atoms with Gasteiger partial charge in [0.2, 0.25) is 0 Å². The van der Waals surface area contributed by atoms with Gasteiger partial charge in [0.15, 0.2) is 0 Å². The molecule has 0 amide bonds. The fourth-order valence-electron chi connectivity index (χ4n) is 0. The Bertz CT molecular complexity index is 6.00. The molecule has 0 atom stereocenters. The van der Waals surface area contributed by atoms with E-state index >= 15 is 0 Å². The fraction of sp³-hybridized carbons (Fsp3) is 0. The predicted molar refractivity (Wildman–Crippen MR) is 17.3 cm³/mol. The molecule has 8 radical (unpaired) electrons. The first kappa shape index (κ1) is 32.8. The van der Waals surface area contributed by atoms with Gasteiger partial charge in [-0.3, -0.25) is 0 Å². The van der Waals surface area contributed by atoms with Crippen LogP contribution in [0.5, 0.6) is 0 Å². The van der Waals surface area contributed by atoms with E-state index in [0.717, 1.165) is 0 Å². The van der Waals surface area contributed by atoms with Crippen molar-refractivity contribution in [3.8, 4) is 0 Å². The van der Waals surface area contributed by atoms with Crippen LogP contribution in [0.25, 0.3) is 0 Å². The van der Waals surface area contributed by atoms with Gasteiger partial charge in [-0.2, -0.15) is 0 Å². The van der Waals surface area contributed by atoms with Gasteiger partial charge in [0.1, 0.15) is 0 Å². The van der Waals surface area contributed by atoms with Crippen molar-refractivity contribution in [3.63, 3.8) is 0 Å². The van der Waals surface area contributed by atoms with Gasteiger partial charge in [0.05, 0.1) is 0 Å². The van der Waals surface area contributed by atoms with Crippen molar-refractivity contribution in [1.29, 1.82) is 0 Å². The van der Waals surface area contributed by atoms with Gasteiger partial charge in [0.25, 0.3) is 0 Å². The van der Waals surface area contributed by atoms with Crippen LogP contribution >= 0.6 is 0 Å². The van der Waals surface area contributed by atoms with Crippen molar-refractivity contribution in [3.05, 3.63) is 0 Å². The molecule has 4 heavy (non-hydrogen) atoms. The van der Waals surface area contributed by atoms with E-state index in [1.807, 2.05) is 0 Å². The first-order chi connectivity index (χ1) is 0. The van der Waals surface area contributed by atoms with E-state index in [4.69, 9.17) is 0 Å². The quantitative estimate of drug-likeness (QED) is 0.363. The Balaban J connectivity index is 0. The van der Waals surface area contributed by atoms with E-state index in [1.54, 1.807) is 0 Å². The van der Waals surface area contributed by atoms with Crippen LogP contribution in [0.2, 0.25) is 0 Å². The van der Waals surface area contributed by atoms with Crippen molar-refractivity contribution in [2.45, 2.75) is 0 Å². The molecule has 0 nitrogen and oxygen atoms in total. The SMILES string of the molecule is [Al].[Al].[Cr].[Mg]. The van der Waals surface area contributed by atoms with Crippen molar-refractivity contribution < 1.29 is 17.4 Å². The molecule has 0 spiro atoms. The van der Waals surface area contributed by atoms with Crippen LogP contribution in [-0.4, -0.2) is 57.8 Å². The van der Waals surface area contributed by atoms with Crippen LogP contribution < -0.4 is 0 Å². The molecule has 0 saturated heterocycles. The minimum atomic E-state index is 0. The van der Waals surface area contributed by atoms with Gasteiger partial charge < -0.3 is 0 Å². The van der Waals surface area contributed by atoms with E-state index < -0.39 is 0 Å². The third kappa shape index (κ3) is 8.84. The maximum Gasteiger partial charge on any atom is 0 e. The second-order valence-electron chi connectivity index (χ2n) is 0. The Labute approximate surface area is 74.3 Å². The molecule has 0 bridgehead atoms. The van der Waals surface area contributed by atoms with Crippen LogP contribution in [0.15, 0.2) is 0 Å². The molecule has 0 aromatic rings. The summed E-state index contributed by atoms with van der Waals surface area (Å²) in [6, 6.07) is 0. The number of hydrogen-bond donors (Lipinski definition) is 0. The Morgan fingerprint density at radius 2 is 0.750 bits per heavy atom. The molecular weight excluding hydrogens is 130 g/mol. The van der Waals surface area contributed by atoms with Gasteiger partial charge >= 0.3 is 0 Å². The molecule has 0 unspecified atom stereocenters. The molecule has 0 rings (SSSR count). The van der Waals surface area contributed by atoms with Crippen LogP contribution in [0, 0.1) is 0 Å². The third-order valence-electron chi connectivity index (χ3n) is 0. The molecule has 4 heteroatoms. The Morgan fingerprint density at radius 3 is 0.750 bits per heavy atom. The van der Waals surface area contributed by atoms with Crippen LogP contribution in [0.3, 0.4) is 0 Å². The fourth-order valence-corrected chi connectivity index (χ4v) is 0. The van der Waals surface area contributed by atoms with Gasteiger partial charge in [-0.1, -0.05) is 0 Å². The molecule has 0 fully saturated rings. The minimum Gasteiger partial charge on any atom is 0 e. The summed E-state index contributed by atoms with van der Waals surface area (Å²) in [5, 5.41) is 0. The average molecular weight is 130 g/mol. The summed E-state index contributed by atoms with van der Waals surface area (Å²) in [6.45, 7) is 0. The van der Waals surface area contributed by atoms with E-state index in [0.29, 0.717) is 0 Å².